The van der Waals surface area contributed by atoms with Crippen LogP contribution in [0.4, 0.5) is 0 Å². The summed E-state index contributed by atoms with van der Waals surface area (Å²) in [4.78, 5) is 14.1. The summed E-state index contributed by atoms with van der Waals surface area (Å²) in [5.41, 5.74) is 3.18. The zero-order chi connectivity index (χ0) is 15.2. The molecule has 2 aromatic carbocycles. The van der Waals surface area contributed by atoms with Crippen LogP contribution in [0.25, 0.3) is 0 Å². The Bertz CT molecular complexity index is 610. The second kappa shape index (κ2) is 7.41. The summed E-state index contributed by atoms with van der Waals surface area (Å²) in [6.07, 6.45) is 1.97. The molecule has 2 nitrogen and oxygen atoms in total. The minimum absolute atomic E-state index is 0.0729. The van der Waals surface area contributed by atoms with E-state index in [0.717, 1.165) is 35.0 Å². The van der Waals surface area contributed by atoms with Crippen molar-refractivity contribution in [1.29, 1.82) is 0 Å². The number of amides is 1. The molecule has 110 valence electrons. The predicted molar refractivity (Wildman–Crippen MR) is 90.6 cm³/mol. The highest BCUT2D eigenvalue weighted by atomic mass is 79.9. The number of aryl methyl sites for hydroxylation is 2. The Morgan fingerprint density at radius 3 is 2.52 bits per heavy atom. The summed E-state index contributed by atoms with van der Waals surface area (Å²) >= 11 is 3.48. The van der Waals surface area contributed by atoms with E-state index in [1.165, 1.54) is 5.56 Å². The van der Waals surface area contributed by atoms with E-state index in [1.807, 2.05) is 50.4 Å². The lowest BCUT2D eigenvalue weighted by Gasteiger charge is -2.17. The maximum atomic E-state index is 12.4. The smallest absolute Gasteiger partial charge is 0.253 e. The largest absolute Gasteiger partial charge is 0.342 e. The van der Waals surface area contributed by atoms with Gasteiger partial charge in [0.1, 0.15) is 0 Å². The van der Waals surface area contributed by atoms with Crippen LogP contribution in [-0.4, -0.2) is 24.4 Å². The lowest BCUT2D eigenvalue weighted by Crippen LogP contribution is -2.28. The Morgan fingerprint density at radius 1 is 1.14 bits per heavy atom. The fourth-order valence-corrected chi connectivity index (χ4v) is 2.59. The van der Waals surface area contributed by atoms with E-state index in [2.05, 4.69) is 28.1 Å². The molecule has 3 heteroatoms. The highest BCUT2D eigenvalue weighted by molar-refractivity contribution is 9.10. The molecule has 0 heterocycles. The molecular weight excluding hydrogens is 326 g/mol. The van der Waals surface area contributed by atoms with Gasteiger partial charge in [0.25, 0.3) is 5.91 Å². The van der Waals surface area contributed by atoms with Crippen molar-refractivity contribution in [3.63, 3.8) is 0 Å². The molecule has 21 heavy (non-hydrogen) atoms. The van der Waals surface area contributed by atoms with E-state index < -0.39 is 0 Å². The normalized spacial score (nSPS) is 10.4. The third kappa shape index (κ3) is 4.43. The van der Waals surface area contributed by atoms with E-state index in [-0.39, 0.29) is 5.91 Å². The first-order chi connectivity index (χ1) is 10.1. The summed E-state index contributed by atoms with van der Waals surface area (Å²) in [7, 11) is 1.86. The molecule has 0 unspecified atom stereocenters. The van der Waals surface area contributed by atoms with Crippen LogP contribution in [0.3, 0.4) is 0 Å². The summed E-state index contributed by atoms with van der Waals surface area (Å²) in [5.74, 6) is 0.0729. The molecular formula is C18H20BrNO. The van der Waals surface area contributed by atoms with Gasteiger partial charge in [-0.25, -0.2) is 0 Å². The van der Waals surface area contributed by atoms with Crippen LogP contribution >= 0.6 is 15.9 Å². The fourth-order valence-electron chi connectivity index (χ4n) is 2.21. The molecule has 0 N–H and O–H groups in total. The number of nitrogens with zero attached hydrogens (tertiary/aromatic N) is 1. The van der Waals surface area contributed by atoms with Gasteiger partial charge >= 0.3 is 0 Å². The van der Waals surface area contributed by atoms with Crippen molar-refractivity contribution < 1.29 is 4.79 Å². The molecule has 0 aromatic heterocycles. The highest BCUT2D eigenvalue weighted by Gasteiger charge is 2.12. The fraction of sp³-hybridized carbons (Fsp3) is 0.278. The number of benzene rings is 2. The topological polar surface area (TPSA) is 20.3 Å². The number of hydrogen-bond donors (Lipinski definition) is 0. The number of hydrogen-bond acceptors (Lipinski definition) is 1. The van der Waals surface area contributed by atoms with E-state index in [4.69, 9.17) is 0 Å². The van der Waals surface area contributed by atoms with Crippen molar-refractivity contribution in [3.05, 3.63) is 69.7 Å². The molecule has 0 radical (unpaired) electrons. The van der Waals surface area contributed by atoms with Gasteiger partial charge in [0, 0.05) is 23.6 Å². The second-order valence-electron chi connectivity index (χ2n) is 5.28. The van der Waals surface area contributed by atoms with E-state index in [0.29, 0.717) is 0 Å². The minimum atomic E-state index is 0.0729. The lowest BCUT2D eigenvalue weighted by molar-refractivity contribution is 0.0793. The summed E-state index contributed by atoms with van der Waals surface area (Å²) in [6.45, 7) is 2.78. The Kier molecular flexibility index (Phi) is 5.57. The summed E-state index contributed by atoms with van der Waals surface area (Å²) < 4.78 is 0.978. The molecule has 0 saturated carbocycles. The molecule has 0 spiro atoms. The van der Waals surface area contributed by atoms with Gasteiger partial charge in [-0.15, -0.1) is 0 Å². The maximum absolute atomic E-state index is 12.4. The number of rotatable bonds is 5. The molecule has 0 aliphatic carbocycles. The highest BCUT2D eigenvalue weighted by Crippen LogP contribution is 2.18. The van der Waals surface area contributed by atoms with E-state index in [9.17, 15) is 4.79 Å². The summed E-state index contributed by atoms with van der Waals surface area (Å²) in [6, 6.07) is 16.1. The zero-order valence-electron chi connectivity index (χ0n) is 12.5. The van der Waals surface area contributed by atoms with Gasteiger partial charge in [-0.1, -0.05) is 52.3 Å². The number of halogens is 1. The van der Waals surface area contributed by atoms with Gasteiger partial charge in [0.05, 0.1) is 0 Å². The van der Waals surface area contributed by atoms with Crippen LogP contribution in [0.15, 0.2) is 53.0 Å². The van der Waals surface area contributed by atoms with Crippen molar-refractivity contribution in [1.82, 2.24) is 4.90 Å². The first-order valence-electron chi connectivity index (χ1n) is 7.13. The average Bonchev–Trinajstić information content (AvgIpc) is 2.50. The van der Waals surface area contributed by atoms with Crippen molar-refractivity contribution in [2.75, 3.05) is 13.6 Å². The molecule has 0 saturated heterocycles. The van der Waals surface area contributed by atoms with Gasteiger partial charge in [-0.05, 0) is 43.0 Å². The second-order valence-corrected chi connectivity index (χ2v) is 6.13. The minimum Gasteiger partial charge on any atom is -0.342 e. The van der Waals surface area contributed by atoms with Crippen LogP contribution in [-0.2, 0) is 6.42 Å². The molecule has 0 aliphatic heterocycles. The molecule has 0 aliphatic rings. The van der Waals surface area contributed by atoms with Gasteiger partial charge < -0.3 is 4.90 Å². The standard InChI is InChI=1S/C18H20BrNO/c1-14-10-11-16(13-17(14)19)18(21)20(2)12-6-9-15-7-4-3-5-8-15/h3-5,7-8,10-11,13H,6,9,12H2,1-2H3. The predicted octanol–water partition coefficient (Wildman–Crippen LogP) is 4.46. The lowest BCUT2D eigenvalue weighted by atomic mass is 10.1. The number of carbonyl (C=O) groups excluding carboxylic acids is 1. The summed E-state index contributed by atoms with van der Waals surface area (Å²) in [5, 5.41) is 0. The van der Waals surface area contributed by atoms with Crippen LogP contribution in [0.1, 0.15) is 27.9 Å². The van der Waals surface area contributed by atoms with Gasteiger partial charge in [-0.3, -0.25) is 4.79 Å². The van der Waals surface area contributed by atoms with E-state index >= 15 is 0 Å². The molecule has 0 fully saturated rings. The molecule has 2 aromatic rings. The maximum Gasteiger partial charge on any atom is 0.253 e. The Labute approximate surface area is 134 Å². The van der Waals surface area contributed by atoms with Crippen LogP contribution in [0.2, 0.25) is 0 Å². The van der Waals surface area contributed by atoms with Gasteiger partial charge in [0.2, 0.25) is 0 Å². The average molecular weight is 346 g/mol. The van der Waals surface area contributed by atoms with Crippen molar-refractivity contribution in [2.24, 2.45) is 0 Å². The van der Waals surface area contributed by atoms with Crippen molar-refractivity contribution in [3.8, 4) is 0 Å². The molecule has 1 amide bonds. The molecule has 0 bridgehead atoms. The van der Waals surface area contributed by atoms with E-state index in [1.54, 1.807) is 4.90 Å². The van der Waals surface area contributed by atoms with Crippen molar-refractivity contribution in [2.45, 2.75) is 19.8 Å². The Hall–Kier alpha value is -1.61. The van der Waals surface area contributed by atoms with Crippen LogP contribution in [0, 0.1) is 6.92 Å². The van der Waals surface area contributed by atoms with Gasteiger partial charge in [-0.2, -0.15) is 0 Å². The van der Waals surface area contributed by atoms with Gasteiger partial charge in [0.15, 0.2) is 0 Å². The number of carbonyl (C=O) groups is 1. The van der Waals surface area contributed by atoms with Crippen LogP contribution in [0.5, 0.6) is 0 Å². The monoisotopic (exact) mass is 345 g/mol. The molecule has 2 rings (SSSR count). The quantitative estimate of drug-likeness (QED) is 0.783. The SMILES string of the molecule is Cc1ccc(C(=O)N(C)CCCc2ccccc2)cc1Br. The first-order valence-corrected chi connectivity index (χ1v) is 7.93. The third-order valence-electron chi connectivity index (χ3n) is 3.57. The third-order valence-corrected chi connectivity index (χ3v) is 4.42. The Balaban J connectivity index is 1.89. The molecule has 0 atom stereocenters. The van der Waals surface area contributed by atoms with Crippen molar-refractivity contribution >= 4 is 21.8 Å². The van der Waals surface area contributed by atoms with Crippen LogP contribution < -0.4 is 0 Å². The Morgan fingerprint density at radius 2 is 1.86 bits per heavy atom. The zero-order valence-corrected chi connectivity index (χ0v) is 14.1. The first kappa shape index (κ1) is 15.8.